The maximum Gasteiger partial charge on any atom is 0.257 e. The lowest BCUT2D eigenvalue weighted by Gasteiger charge is -2.08. The average Bonchev–Trinajstić information content (AvgIpc) is 3.24. The number of nitrogens with one attached hydrogen (secondary N) is 1. The number of amides is 1. The van der Waals surface area contributed by atoms with Gasteiger partial charge in [0.2, 0.25) is 0 Å². The first-order valence-electron chi connectivity index (χ1n) is 8.44. The number of anilines is 1. The lowest BCUT2D eigenvalue weighted by molar-refractivity contribution is 0.102. The molecule has 1 saturated carbocycles. The monoisotopic (exact) mass is 319 g/mol. The Bertz CT molecular complexity index is 832. The Balaban J connectivity index is 1.49. The minimum Gasteiger partial charge on any atom is -0.305 e. The quantitative estimate of drug-likeness (QED) is 0.913. The number of hydrogen-bond acceptors (Lipinski definition) is 3. The Morgan fingerprint density at radius 1 is 1.08 bits per heavy atom. The molecule has 1 N–H and O–H groups in total. The van der Waals surface area contributed by atoms with E-state index in [1.54, 1.807) is 12.4 Å². The molecule has 1 heterocycles. The fraction of sp³-hybridized carbons (Fsp3) is 0.350. The van der Waals surface area contributed by atoms with Gasteiger partial charge >= 0.3 is 0 Å². The Morgan fingerprint density at radius 3 is 2.50 bits per heavy atom. The molecule has 4 rings (SSSR count). The molecule has 1 fully saturated rings. The summed E-state index contributed by atoms with van der Waals surface area (Å²) < 4.78 is 0. The molecule has 1 aromatic heterocycles. The molecule has 24 heavy (non-hydrogen) atoms. The van der Waals surface area contributed by atoms with E-state index in [2.05, 4.69) is 22.2 Å². The second kappa shape index (κ2) is 5.55. The molecule has 1 amide bonds. The number of aryl methyl sites for hydroxylation is 1. The van der Waals surface area contributed by atoms with Crippen LogP contribution in [0, 0.1) is 12.3 Å². The van der Waals surface area contributed by atoms with Crippen molar-refractivity contribution in [3.63, 3.8) is 0 Å². The van der Waals surface area contributed by atoms with Crippen LogP contribution in [0.25, 0.3) is 5.57 Å². The van der Waals surface area contributed by atoms with Gasteiger partial charge in [-0.15, -0.1) is 0 Å². The molecule has 4 nitrogen and oxygen atoms in total. The van der Waals surface area contributed by atoms with Crippen LogP contribution >= 0.6 is 0 Å². The van der Waals surface area contributed by atoms with Crippen molar-refractivity contribution in [2.45, 2.75) is 39.5 Å². The van der Waals surface area contributed by atoms with Gasteiger partial charge in [0.15, 0.2) is 5.82 Å². The Morgan fingerprint density at radius 2 is 1.88 bits per heavy atom. The van der Waals surface area contributed by atoms with Gasteiger partial charge in [0.1, 0.15) is 0 Å². The zero-order valence-electron chi connectivity index (χ0n) is 14.1. The Kier molecular flexibility index (Phi) is 3.48. The van der Waals surface area contributed by atoms with Crippen LogP contribution in [0.2, 0.25) is 0 Å². The molecule has 0 saturated heterocycles. The van der Waals surface area contributed by atoms with Crippen molar-refractivity contribution >= 4 is 17.3 Å². The lowest BCUT2D eigenvalue weighted by atomic mass is 10.0. The summed E-state index contributed by atoms with van der Waals surface area (Å²) in [4.78, 5) is 21.3. The summed E-state index contributed by atoms with van der Waals surface area (Å²) >= 11 is 0. The maximum absolute atomic E-state index is 12.3. The third kappa shape index (κ3) is 2.73. The van der Waals surface area contributed by atoms with E-state index in [1.807, 2.05) is 31.2 Å². The van der Waals surface area contributed by atoms with Crippen molar-refractivity contribution in [1.82, 2.24) is 9.97 Å². The molecule has 0 radical (unpaired) electrons. The number of nitrogens with zero attached hydrogens (tertiary/aromatic N) is 2. The summed E-state index contributed by atoms with van der Waals surface area (Å²) in [5.41, 5.74) is 5.88. The highest BCUT2D eigenvalue weighted by Crippen LogP contribution is 2.61. The summed E-state index contributed by atoms with van der Waals surface area (Å²) in [6, 6.07) is 7.52. The number of hydrogen-bond donors (Lipinski definition) is 1. The van der Waals surface area contributed by atoms with Crippen LogP contribution in [-0.2, 0) is 0 Å². The van der Waals surface area contributed by atoms with Crippen molar-refractivity contribution in [1.29, 1.82) is 0 Å². The van der Waals surface area contributed by atoms with Gasteiger partial charge in [-0.25, -0.2) is 4.98 Å². The van der Waals surface area contributed by atoms with Gasteiger partial charge in [0.05, 0.1) is 18.1 Å². The van der Waals surface area contributed by atoms with E-state index in [0.717, 1.165) is 17.7 Å². The van der Waals surface area contributed by atoms with E-state index in [9.17, 15) is 4.79 Å². The van der Waals surface area contributed by atoms with Crippen molar-refractivity contribution in [2.75, 3.05) is 5.32 Å². The van der Waals surface area contributed by atoms with Crippen molar-refractivity contribution < 1.29 is 4.79 Å². The van der Waals surface area contributed by atoms with Gasteiger partial charge in [0, 0.05) is 5.56 Å². The summed E-state index contributed by atoms with van der Waals surface area (Å²) in [6.07, 6.45) is 8.45. The fourth-order valence-electron chi connectivity index (χ4n) is 3.66. The minimum atomic E-state index is -0.150. The van der Waals surface area contributed by atoms with Crippen LogP contribution in [0.1, 0.15) is 54.2 Å². The first-order chi connectivity index (χ1) is 11.6. The second-order valence-electron chi connectivity index (χ2n) is 7.17. The third-order valence-corrected chi connectivity index (χ3v) is 5.26. The van der Waals surface area contributed by atoms with E-state index in [0.29, 0.717) is 16.8 Å². The fourth-order valence-corrected chi connectivity index (χ4v) is 3.66. The number of carbonyl (C=O) groups is 1. The predicted octanol–water partition coefficient (Wildman–Crippen LogP) is 4.38. The maximum atomic E-state index is 12.3. The predicted molar refractivity (Wildman–Crippen MR) is 94.7 cm³/mol. The number of aromatic nitrogens is 2. The molecule has 1 spiro atoms. The highest BCUT2D eigenvalue weighted by Gasteiger charge is 2.47. The highest BCUT2D eigenvalue weighted by molar-refractivity contribution is 6.04. The molecule has 0 atom stereocenters. The minimum absolute atomic E-state index is 0.150. The first kappa shape index (κ1) is 15.1. The number of rotatable bonds is 3. The smallest absolute Gasteiger partial charge is 0.257 e. The van der Waals surface area contributed by atoms with Gasteiger partial charge < -0.3 is 5.32 Å². The molecule has 4 heteroatoms. The standard InChI is InChI=1S/C20H21N3O/c1-13-5-3-4-6-15(13)19(24)23-18-12-21-17(11-22-18)16-10-20(7-8-20)9-14(16)2/h3-6,11-12H,7-10H2,1-2H3,(H,22,23,24). The average molecular weight is 319 g/mol. The van der Waals surface area contributed by atoms with Crippen LogP contribution in [0.4, 0.5) is 5.82 Å². The highest BCUT2D eigenvalue weighted by atomic mass is 16.1. The van der Waals surface area contributed by atoms with Crippen molar-refractivity contribution in [3.8, 4) is 0 Å². The SMILES string of the molecule is CC1=C(c2cnc(NC(=O)c3ccccc3C)cn2)CC2(CC2)C1. The van der Waals surface area contributed by atoms with Crippen LogP contribution in [-0.4, -0.2) is 15.9 Å². The molecule has 122 valence electrons. The van der Waals surface area contributed by atoms with Crippen molar-refractivity contribution in [2.24, 2.45) is 5.41 Å². The molecule has 2 aliphatic rings. The van der Waals surface area contributed by atoms with Crippen LogP contribution in [0.5, 0.6) is 0 Å². The summed E-state index contributed by atoms with van der Waals surface area (Å²) in [5.74, 6) is 0.340. The zero-order valence-corrected chi connectivity index (χ0v) is 14.1. The number of benzene rings is 1. The van der Waals surface area contributed by atoms with Gasteiger partial charge in [-0.1, -0.05) is 23.8 Å². The largest absolute Gasteiger partial charge is 0.305 e. The normalized spacial score (nSPS) is 18.1. The molecular weight excluding hydrogens is 298 g/mol. The topological polar surface area (TPSA) is 54.9 Å². The molecule has 1 aromatic carbocycles. The molecular formula is C20H21N3O. The first-order valence-corrected chi connectivity index (χ1v) is 8.44. The Hall–Kier alpha value is -2.49. The summed E-state index contributed by atoms with van der Waals surface area (Å²) in [5, 5.41) is 2.83. The molecule has 0 unspecified atom stereocenters. The van der Waals surface area contributed by atoms with E-state index >= 15 is 0 Å². The zero-order chi connectivity index (χ0) is 16.7. The molecule has 0 aliphatic heterocycles. The number of carbonyl (C=O) groups excluding carboxylic acids is 1. The van der Waals surface area contributed by atoms with Crippen LogP contribution < -0.4 is 5.32 Å². The van der Waals surface area contributed by atoms with Gasteiger partial charge in [-0.3, -0.25) is 9.78 Å². The van der Waals surface area contributed by atoms with E-state index in [-0.39, 0.29) is 5.91 Å². The van der Waals surface area contributed by atoms with Crippen LogP contribution in [0.15, 0.2) is 42.2 Å². The van der Waals surface area contributed by atoms with Gasteiger partial charge in [-0.2, -0.15) is 0 Å². The number of allylic oxidation sites excluding steroid dienone is 2. The van der Waals surface area contributed by atoms with E-state index in [4.69, 9.17) is 0 Å². The molecule has 0 bridgehead atoms. The summed E-state index contributed by atoms with van der Waals surface area (Å²) in [7, 11) is 0. The molecule has 2 aliphatic carbocycles. The third-order valence-electron chi connectivity index (χ3n) is 5.26. The van der Waals surface area contributed by atoms with E-state index < -0.39 is 0 Å². The van der Waals surface area contributed by atoms with Crippen LogP contribution in [0.3, 0.4) is 0 Å². The molecule has 2 aromatic rings. The Labute approximate surface area is 142 Å². The van der Waals surface area contributed by atoms with E-state index in [1.165, 1.54) is 30.4 Å². The summed E-state index contributed by atoms with van der Waals surface area (Å²) in [6.45, 7) is 4.13. The van der Waals surface area contributed by atoms with Gasteiger partial charge in [-0.05, 0) is 62.1 Å². The second-order valence-corrected chi connectivity index (χ2v) is 7.17. The van der Waals surface area contributed by atoms with Gasteiger partial charge in [0.25, 0.3) is 5.91 Å². The lowest BCUT2D eigenvalue weighted by Crippen LogP contribution is -2.14. The van der Waals surface area contributed by atoms with Crippen molar-refractivity contribution in [3.05, 3.63) is 59.1 Å².